The van der Waals surface area contributed by atoms with E-state index in [2.05, 4.69) is 16.0 Å². The third-order valence-corrected chi connectivity index (χ3v) is 11.6. The molecule has 1 unspecified atom stereocenters. The maximum atomic E-state index is 14.8. The molecule has 2 aromatic carbocycles. The molecule has 304 valence electrons. The summed E-state index contributed by atoms with van der Waals surface area (Å²) < 4.78 is 0. The number of carbonyl (C=O) groups is 4. The number of Topliss-reactive ketones (excluding diaryl/α,β-unsaturated/α-hetero) is 2. The van der Waals surface area contributed by atoms with Gasteiger partial charge in [-0.15, -0.1) is 0 Å². The quantitative estimate of drug-likeness (QED) is 0.0620. The van der Waals surface area contributed by atoms with Crippen LogP contribution in [-0.4, -0.2) is 85.7 Å². The number of hydrogen-bond acceptors (Lipinski definition) is 9. The predicted molar refractivity (Wildman–Crippen MR) is 221 cm³/mol. The van der Waals surface area contributed by atoms with Crippen LogP contribution in [0.25, 0.3) is 0 Å². The molecule has 55 heavy (non-hydrogen) atoms. The number of nitrogens with one attached hydrogen (secondary N) is 3. The van der Waals surface area contributed by atoms with Crippen molar-refractivity contribution in [2.24, 2.45) is 29.0 Å². The number of para-hydroxylation sites is 1. The van der Waals surface area contributed by atoms with Gasteiger partial charge in [0.1, 0.15) is 6.04 Å². The topological polar surface area (TPSA) is 186 Å². The number of carbonyl (C=O) groups excluding carboxylic acids is 4. The summed E-state index contributed by atoms with van der Waals surface area (Å²) in [6.07, 6.45) is 13.9. The van der Waals surface area contributed by atoms with E-state index in [1.54, 1.807) is 11.9 Å². The Balaban J connectivity index is 1.55. The highest BCUT2D eigenvalue weighted by Gasteiger charge is 2.43. The summed E-state index contributed by atoms with van der Waals surface area (Å²) in [5, 5.41) is 9.69. The molecule has 0 bridgehead atoms. The van der Waals surface area contributed by atoms with Gasteiger partial charge in [-0.1, -0.05) is 93.5 Å². The Morgan fingerprint density at radius 1 is 0.782 bits per heavy atom. The number of rotatable bonds is 25. The van der Waals surface area contributed by atoms with Gasteiger partial charge in [0, 0.05) is 18.8 Å². The zero-order chi connectivity index (χ0) is 39.4. The summed E-state index contributed by atoms with van der Waals surface area (Å²) >= 11 is 0. The van der Waals surface area contributed by atoms with Crippen molar-refractivity contribution in [3.8, 4) is 0 Å². The monoisotopic (exact) mass is 760 g/mol. The van der Waals surface area contributed by atoms with Gasteiger partial charge in [-0.2, -0.15) is 0 Å². The highest BCUT2D eigenvalue weighted by atomic mass is 16.2. The molecule has 5 atom stereocenters. The molecule has 2 aromatic rings. The Hall–Kier alpha value is -3.64. The number of amides is 2. The number of benzene rings is 2. The van der Waals surface area contributed by atoms with Gasteiger partial charge in [-0.3, -0.25) is 19.2 Å². The third kappa shape index (κ3) is 13.8. The number of nitrogens with zero attached hydrogens (tertiary/aromatic N) is 1. The number of unbranched alkanes of at least 4 members (excludes halogenated alkanes) is 4. The summed E-state index contributed by atoms with van der Waals surface area (Å²) in [5.74, 6) is -1.67. The van der Waals surface area contributed by atoms with E-state index in [0.717, 1.165) is 74.7 Å². The largest absolute Gasteiger partial charge is 0.385 e. The van der Waals surface area contributed by atoms with Gasteiger partial charge in [-0.25, -0.2) is 0 Å². The minimum Gasteiger partial charge on any atom is -0.385 e. The molecule has 2 amide bonds. The number of likely N-dealkylation sites (tertiary alicyclic amines) is 1. The van der Waals surface area contributed by atoms with Gasteiger partial charge in [0.2, 0.25) is 11.8 Å². The number of ketones is 2. The standard InChI is InChI=1S/C44H69N7O4/c1-48-39(30-33-19-8-5-9-20-33)43(54)50-38(23-12-14-26-46)44(55)51-28-16-24-40(51)42(53)35(41(52)36(47)29-32-17-6-4-7-18-32)31-34-21-10-11-22-37(34)49-27-15-3-2-13-25-45/h5,8-11,19-22,32,35-36,38-40,48-49H,2-4,6-7,12-18,23-31,45-47H2,1H3,(H,50,54)/t35?,36-,38+,39+,40+/m1/s1. The molecule has 1 saturated carbocycles. The fraction of sp³-hybridized carbons (Fsp3) is 0.636. The molecule has 1 aliphatic heterocycles. The Bertz CT molecular complexity index is 1470. The van der Waals surface area contributed by atoms with Gasteiger partial charge in [-0.05, 0) is 107 Å². The van der Waals surface area contributed by atoms with E-state index in [4.69, 9.17) is 17.2 Å². The van der Waals surface area contributed by atoms with Crippen LogP contribution in [0.15, 0.2) is 54.6 Å². The maximum absolute atomic E-state index is 14.8. The van der Waals surface area contributed by atoms with Crippen LogP contribution < -0.4 is 33.2 Å². The van der Waals surface area contributed by atoms with Crippen LogP contribution in [-0.2, 0) is 32.0 Å². The van der Waals surface area contributed by atoms with Crippen LogP contribution >= 0.6 is 0 Å². The van der Waals surface area contributed by atoms with Crippen LogP contribution in [0.5, 0.6) is 0 Å². The van der Waals surface area contributed by atoms with E-state index in [-0.39, 0.29) is 29.8 Å². The van der Waals surface area contributed by atoms with E-state index in [9.17, 15) is 19.2 Å². The van der Waals surface area contributed by atoms with Gasteiger partial charge < -0.3 is 38.1 Å². The minimum atomic E-state index is -0.991. The van der Waals surface area contributed by atoms with Crippen LogP contribution in [0.1, 0.15) is 107 Å². The lowest BCUT2D eigenvalue weighted by Gasteiger charge is -2.32. The molecular formula is C44H69N7O4. The maximum Gasteiger partial charge on any atom is 0.245 e. The molecule has 4 rings (SSSR count). The van der Waals surface area contributed by atoms with Crippen molar-refractivity contribution in [3.63, 3.8) is 0 Å². The molecule has 1 saturated heterocycles. The van der Waals surface area contributed by atoms with Crippen LogP contribution in [0.2, 0.25) is 0 Å². The first kappa shape index (κ1) is 44.1. The van der Waals surface area contributed by atoms with Crippen LogP contribution in [0, 0.1) is 11.8 Å². The molecule has 0 spiro atoms. The van der Waals surface area contributed by atoms with Gasteiger partial charge in [0.25, 0.3) is 0 Å². The Morgan fingerprint density at radius 2 is 1.47 bits per heavy atom. The first-order chi connectivity index (χ1) is 26.8. The van der Waals surface area contributed by atoms with Crippen molar-refractivity contribution >= 4 is 29.1 Å². The Labute approximate surface area is 329 Å². The molecule has 11 heteroatoms. The fourth-order valence-electron chi connectivity index (χ4n) is 8.39. The number of nitrogens with two attached hydrogens (primary N) is 3. The zero-order valence-electron chi connectivity index (χ0n) is 33.3. The van der Waals surface area contributed by atoms with Gasteiger partial charge in [0.15, 0.2) is 11.6 Å². The summed E-state index contributed by atoms with van der Waals surface area (Å²) in [6.45, 7) is 2.33. The first-order valence-electron chi connectivity index (χ1n) is 21.1. The van der Waals surface area contributed by atoms with Crippen molar-refractivity contribution in [2.45, 2.75) is 133 Å². The first-order valence-corrected chi connectivity index (χ1v) is 21.1. The van der Waals surface area contributed by atoms with Gasteiger partial charge in [0.05, 0.1) is 24.0 Å². The second-order valence-electron chi connectivity index (χ2n) is 15.8. The van der Waals surface area contributed by atoms with E-state index in [1.807, 2.05) is 54.6 Å². The molecule has 0 radical (unpaired) electrons. The number of anilines is 1. The lowest BCUT2D eigenvalue weighted by molar-refractivity contribution is -0.144. The van der Waals surface area contributed by atoms with E-state index in [1.165, 1.54) is 6.42 Å². The van der Waals surface area contributed by atoms with E-state index >= 15 is 0 Å². The third-order valence-electron chi connectivity index (χ3n) is 11.6. The average Bonchev–Trinajstić information content (AvgIpc) is 3.70. The van der Waals surface area contributed by atoms with E-state index in [0.29, 0.717) is 70.5 Å². The van der Waals surface area contributed by atoms with Crippen molar-refractivity contribution in [1.29, 1.82) is 0 Å². The zero-order valence-corrected chi connectivity index (χ0v) is 33.3. The number of hydrogen-bond donors (Lipinski definition) is 6. The lowest BCUT2D eigenvalue weighted by atomic mass is 9.79. The minimum absolute atomic E-state index is 0.213. The van der Waals surface area contributed by atoms with Crippen LogP contribution in [0.4, 0.5) is 5.69 Å². The lowest BCUT2D eigenvalue weighted by Crippen LogP contribution is -2.56. The molecule has 2 fully saturated rings. The molecule has 1 aliphatic carbocycles. The number of likely N-dealkylation sites (N-methyl/N-ethyl adjacent to an activating group) is 1. The highest BCUT2D eigenvalue weighted by Crippen LogP contribution is 2.31. The molecule has 2 aliphatic rings. The van der Waals surface area contributed by atoms with Crippen molar-refractivity contribution in [1.82, 2.24) is 15.5 Å². The van der Waals surface area contributed by atoms with Crippen molar-refractivity contribution < 1.29 is 19.2 Å². The summed E-state index contributed by atoms with van der Waals surface area (Å²) in [7, 11) is 1.74. The Morgan fingerprint density at radius 3 is 2.20 bits per heavy atom. The molecular weight excluding hydrogens is 691 g/mol. The second-order valence-corrected chi connectivity index (χ2v) is 15.8. The van der Waals surface area contributed by atoms with Gasteiger partial charge >= 0.3 is 0 Å². The average molecular weight is 760 g/mol. The smallest absolute Gasteiger partial charge is 0.245 e. The second kappa shape index (κ2) is 24.1. The normalized spacial score (nSPS) is 18.3. The fourth-order valence-corrected chi connectivity index (χ4v) is 8.39. The summed E-state index contributed by atoms with van der Waals surface area (Å²) in [4.78, 5) is 59.0. The molecule has 1 heterocycles. The van der Waals surface area contributed by atoms with Crippen molar-refractivity contribution in [3.05, 3.63) is 65.7 Å². The highest BCUT2D eigenvalue weighted by molar-refractivity contribution is 6.08. The summed E-state index contributed by atoms with van der Waals surface area (Å²) in [5.41, 5.74) is 21.0. The summed E-state index contributed by atoms with van der Waals surface area (Å²) in [6, 6.07) is 14.7. The molecule has 9 N–H and O–H groups in total. The Kier molecular flexibility index (Phi) is 19.3. The molecule has 11 nitrogen and oxygen atoms in total. The predicted octanol–water partition coefficient (Wildman–Crippen LogP) is 4.65. The van der Waals surface area contributed by atoms with Crippen molar-refractivity contribution in [2.75, 3.05) is 38.5 Å². The molecule has 0 aromatic heterocycles. The van der Waals surface area contributed by atoms with Crippen LogP contribution in [0.3, 0.4) is 0 Å². The SMILES string of the molecule is CN[C@@H](Cc1ccccc1)C(=O)N[C@@H](CCCCN)C(=O)N1CCC[C@H]1C(=O)C(Cc1ccccc1NCCCCCCN)C(=O)[C@H](N)CC1CCCCC1. The van der Waals surface area contributed by atoms with E-state index < -0.39 is 30.1 Å².